The Morgan fingerprint density at radius 3 is 2.95 bits per heavy atom. The topological polar surface area (TPSA) is 52.7 Å². The maximum absolute atomic E-state index is 11.9. The third kappa shape index (κ3) is 2.20. The fourth-order valence-electron chi connectivity index (χ4n) is 2.81. The fourth-order valence-corrected chi connectivity index (χ4v) is 2.81. The first-order valence-electron chi connectivity index (χ1n) is 6.72. The molecular weight excluding hydrogens is 240 g/mol. The van der Waals surface area contributed by atoms with E-state index < -0.39 is 0 Å². The van der Waals surface area contributed by atoms with E-state index in [1.165, 1.54) is 5.69 Å². The van der Waals surface area contributed by atoms with Gasteiger partial charge in [0.25, 0.3) is 0 Å². The van der Waals surface area contributed by atoms with Crippen molar-refractivity contribution >= 4 is 5.78 Å². The van der Waals surface area contributed by atoms with Crippen LogP contribution < -0.4 is 0 Å². The number of carbonyl (C=O) groups is 1. The van der Waals surface area contributed by atoms with Crippen LogP contribution in [0.25, 0.3) is 0 Å². The second-order valence-electron chi connectivity index (χ2n) is 5.16. The van der Waals surface area contributed by atoms with Crippen LogP contribution in [-0.2, 0) is 26.4 Å². The first kappa shape index (κ1) is 12.1. The van der Waals surface area contributed by atoms with Gasteiger partial charge in [0.1, 0.15) is 6.33 Å². The van der Waals surface area contributed by atoms with Crippen LogP contribution >= 0.6 is 0 Å². The molecule has 0 fully saturated rings. The molecule has 0 spiro atoms. The first-order valence-corrected chi connectivity index (χ1v) is 6.72. The summed E-state index contributed by atoms with van der Waals surface area (Å²) >= 11 is 0. The van der Waals surface area contributed by atoms with Crippen molar-refractivity contribution in [1.82, 2.24) is 19.3 Å². The molecular formula is C14H18N4O. The van der Waals surface area contributed by atoms with Crippen molar-refractivity contribution in [3.05, 3.63) is 35.2 Å². The maximum Gasteiger partial charge on any atom is 0.164 e. The number of hydrogen-bond donors (Lipinski definition) is 0. The summed E-state index contributed by atoms with van der Waals surface area (Å²) in [5, 5.41) is 4.29. The molecule has 0 unspecified atom stereocenters. The molecule has 1 aliphatic rings. The summed E-state index contributed by atoms with van der Waals surface area (Å²) < 4.78 is 3.97. The summed E-state index contributed by atoms with van der Waals surface area (Å²) in [5.74, 6) is 1.14. The number of fused-ring (bicyclic) bond motifs is 1. The van der Waals surface area contributed by atoms with Crippen molar-refractivity contribution in [2.24, 2.45) is 7.05 Å². The van der Waals surface area contributed by atoms with Gasteiger partial charge in [-0.3, -0.25) is 9.48 Å². The number of aromatic nitrogens is 4. The van der Waals surface area contributed by atoms with Crippen LogP contribution in [0.5, 0.6) is 0 Å². The molecule has 0 radical (unpaired) electrons. The van der Waals surface area contributed by atoms with E-state index in [0.717, 1.165) is 42.9 Å². The number of nitrogens with zero attached hydrogens (tertiary/aromatic N) is 4. The summed E-state index contributed by atoms with van der Waals surface area (Å²) in [6.07, 6.45) is 5.19. The second-order valence-corrected chi connectivity index (χ2v) is 5.16. The zero-order chi connectivity index (χ0) is 13.4. The third-order valence-electron chi connectivity index (χ3n) is 3.74. The van der Waals surface area contributed by atoms with Crippen LogP contribution in [0.3, 0.4) is 0 Å². The van der Waals surface area contributed by atoms with Crippen molar-refractivity contribution in [2.75, 3.05) is 0 Å². The second kappa shape index (κ2) is 4.64. The smallest absolute Gasteiger partial charge is 0.164 e. The Bertz CT molecular complexity index is 623. The molecule has 3 rings (SSSR count). The molecule has 0 amide bonds. The van der Waals surface area contributed by atoms with Gasteiger partial charge in [0.2, 0.25) is 0 Å². The van der Waals surface area contributed by atoms with E-state index >= 15 is 0 Å². The van der Waals surface area contributed by atoms with E-state index in [9.17, 15) is 4.79 Å². The van der Waals surface area contributed by atoms with Crippen molar-refractivity contribution in [2.45, 2.75) is 39.2 Å². The van der Waals surface area contributed by atoms with Gasteiger partial charge in [0, 0.05) is 43.4 Å². The van der Waals surface area contributed by atoms with Crippen molar-refractivity contribution in [3.63, 3.8) is 0 Å². The van der Waals surface area contributed by atoms with Gasteiger partial charge in [0.15, 0.2) is 11.6 Å². The fraction of sp³-hybridized carbons (Fsp3) is 0.500. The molecule has 19 heavy (non-hydrogen) atoms. The lowest BCUT2D eigenvalue weighted by Crippen LogP contribution is -2.14. The Balaban J connectivity index is 1.83. The normalized spacial score (nSPS) is 14.7. The quantitative estimate of drug-likeness (QED) is 0.841. The van der Waals surface area contributed by atoms with Crippen LogP contribution in [0.4, 0.5) is 0 Å². The highest BCUT2D eigenvalue weighted by molar-refractivity contribution is 5.98. The van der Waals surface area contributed by atoms with Crippen LogP contribution in [0, 0.1) is 6.92 Å². The molecule has 100 valence electrons. The van der Waals surface area contributed by atoms with Crippen LogP contribution in [-0.4, -0.2) is 25.1 Å². The molecule has 0 aromatic carbocycles. The Kier molecular flexibility index (Phi) is 2.97. The average Bonchev–Trinajstić information content (AvgIpc) is 2.92. The number of hydrogen-bond acceptors (Lipinski definition) is 3. The van der Waals surface area contributed by atoms with E-state index in [1.54, 1.807) is 11.0 Å². The van der Waals surface area contributed by atoms with Crippen molar-refractivity contribution < 1.29 is 4.79 Å². The molecule has 0 aliphatic heterocycles. The molecule has 2 aromatic heterocycles. The highest BCUT2D eigenvalue weighted by Gasteiger charge is 2.22. The van der Waals surface area contributed by atoms with E-state index in [4.69, 9.17) is 0 Å². The maximum atomic E-state index is 11.9. The predicted molar refractivity (Wildman–Crippen MR) is 71.1 cm³/mol. The minimum Gasteiger partial charge on any atom is -0.348 e. The Morgan fingerprint density at radius 1 is 1.37 bits per heavy atom. The summed E-state index contributed by atoms with van der Waals surface area (Å²) in [5.41, 5.74) is 3.29. The lowest BCUT2D eigenvalue weighted by atomic mass is 9.96. The first-order chi connectivity index (χ1) is 9.15. The van der Waals surface area contributed by atoms with Gasteiger partial charge in [-0.05, 0) is 25.8 Å². The highest BCUT2D eigenvalue weighted by Crippen LogP contribution is 2.25. The summed E-state index contributed by atoms with van der Waals surface area (Å²) in [6.45, 7) is 2.91. The Morgan fingerprint density at radius 2 is 2.21 bits per heavy atom. The van der Waals surface area contributed by atoms with E-state index in [0.29, 0.717) is 12.2 Å². The average molecular weight is 258 g/mol. The van der Waals surface area contributed by atoms with Crippen molar-refractivity contribution in [1.29, 1.82) is 0 Å². The molecule has 0 N–H and O–H groups in total. The third-order valence-corrected chi connectivity index (χ3v) is 3.74. The molecule has 0 saturated heterocycles. The molecule has 2 aromatic rings. The standard InChI is InChI=1S/C14H18N4O/c1-10-8-11-12(4-3-5-13(11)19)18(10)7-6-14-15-9-17(2)16-14/h8-9H,3-7H2,1-2H3. The zero-order valence-electron chi connectivity index (χ0n) is 11.4. The summed E-state index contributed by atoms with van der Waals surface area (Å²) in [6, 6.07) is 2.03. The molecule has 5 heteroatoms. The van der Waals surface area contributed by atoms with Gasteiger partial charge in [-0.15, -0.1) is 0 Å². The minimum atomic E-state index is 0.291. The molecule has 0 atom stereocenters. The molecule has 2 heterocycles. The number of aryl methyl sites for hydroxylation is 3. The Labute approximate surface area is 112 Å². The van der Waals surface area contributed by atoms with Crippen LogP contribution in [0.1, 0.15) is 40.4 Å². The zero-order valence-corrected chi connectivity index (χ0v) is 11.4. The number of rotatable bonds is 3. The van der Waals surface area contributed by atoms with E-state index in [2.05, 4.69) is 21.6 Å². The number of Topliss-reactive ketones (excluding diaryl/α,β-unsaturated/α-hetero) is 1. The molecule has 0 bridgehead atoms. The van der Waals surface area contributed by atoms with Gasteiger partial charge in [0.05, 0.1) is 0 Å². The molecule has 5 nitrogen and oxygen atoms in total. The monoisotopic (exact) mass is 258 g/mol. The lowest BCUT2D eigenvalue weighted by molar-refractivity contribution is 0.0972. The summed E-state index contributed by atoms with van der Waals surface area (Å²) in [4.78, 5) is 16.1. The SMILES string of the molecule is Cc1cc2c(n1CCc1ncn(C)n1)CCCC2=O. The lowest BCUT2D eigenvalue weighted by Gasteiger charge is -2.15. The largest absolute Gasteiger partial charge is 0.348 e. The van der Waals surface area contributed by atoms with Gasteiger partial charge < -0.3 is 4.57 Å². The highest BCUT2D eigenvalue weighted by atomic mass is 16.1. The van der Waals surface area contributed by atoms with Gasteiger partial charge in [-0.1, -0.05) is 0 Å². The van der Waals surface area contributed by atoms with E-state index in [-0.39, 0.29) is 0 Å². The number of ketones is 1. The predicted octanol–water partition coefficient (Wildman–Crippen LogP) is 1.69. The van der Waals surface area contributed by atoms with Crippen LogP contribution in [0.15, 0.2) is 12.4 Å². The minimum absolute atomic E-state index is 0.291. The van der Waals surface area contributed by atoms with Gasteiger partial charge in [-0.2, -0.15) is 5.10 Å². The van der Waals surface area contributed by atoms with Crippen LogP contribution in [0.2, 0.25) is 0 Å². The summed E-state index contributed by atoms with van der Waals surface area (Å²) in [7, 11) is 1.87. The molecule has 0 saturated carbocycles. The van der Waals surface area contributed by atoms with E-state index in [1.807, 2.05) is 13.1 Å². The van der Waals surface area contributed by atoms with Crippen molar-refractivity contribution in [3.8, 4) is 0 Å². The Hall–Kier alpha value is -1.91. The number of carbonyl (C=O) groups excluding carboxylic acids is 1. The van der Waals surface area contributed by atoms with Gasteiger partial charge >= 0.3 is 0 Å². The molecule has 1 aliphatic carbocycles. The van der Waals surface area contributed by atoms with Gasteiger partial charge in [-0.25, -0.2) is 4.98 Å².